The molecule has 0 aliphatic heterocycles. The summed E-state index contributed by atoms with van der Waals surface area (Å²) in [6, 6.07) is 0. The van der Waals surface area contributed by atoms with E-state index in [9.17, 15) is 4.57 Å². The van der Waals surface area contributed by atoms with E-state index in [2.05, 4.69) is 4.52 Å². The molecular weight excluding hydrogens is 179 g/mol. The van der Waals surface area contributed by atoms with Gasteiger partial charge in [0.1, 0.15) is 0 Å². The van der Waals surface area contributed by atoms with Crippen LogP contribution in [0.15, 0.2) is 24.3 Å². The van der Waals surface area contributed by atoms with Gasteiger partial charge >= 0.3 is 7.82 Å². The molecule has 0 aromatic heterocycles. The van der Waals surface area contributed by atoms with Crippen molar-refractivity contribution >= 4 is 7.82 Å². The van der Waals surface area contributed by atoms with Gasteiger partial charge in [0.05, 0.1) is 6.10 Å². The molecule has 0 spiro atoms. The summed E-state index contributed by atoms with van der Waals surface area (Å²) in [5.41, 5.74) is 0. The van der Waals surface area contributed by atoms with Gasteiger partial charge < -0.3 is 9.79 Å². The van der Waals surface area contributed by atoms with Gasteiger partial charge in [0, 0.05) is 0 Å². The molecular formula is C7H13O4P. The minimum atomic E-state index is -4.35. The SMILES string of the molecule is CC=CC=CC(C)OP(=O)(O)O. The van der Waals surface area contributed by atoms with E-state index in [1.165, 1.54) is 0 Å². The van der Waals surface area contributed by atoms with Crippen molar-refractivity contribution in [1.29, 1.82) is 0 Å². The van der Waals surface area contributed by atoms with Crippen molar-refractivity contribution in [2.75, 3.05) is 0 Å². The highest BCUT2D eigenvalue weighted by molar-refractivity contribution is 7.46. The topological polar surface area (TPSA) is 66.8 Å². The van der Waals surface area contributed by atoms with E-state index < -0.39 is 13.9 Å². The Kier molecular flexibility index (Phi) is 5.09. The lowest BCUT2D eigenvalue weighted by Gasteiger charge is -2.08. The number of phosphoric acid groups is 1. The first-order valence-electron chi connectivity index (χ1n) is 3.49. The highest BCUT2D eigenvalue weighted by Crippen LogP contribution is 2.37. The maximum absolute atomic E-state index is 10.3. The fourth-order valence-electron chi connectivity index (χ4n) is 0.583. The van der Waals surface area contributed by atoms with Gasteiger partial charge in [0.15, 0.2) is 0 Å². The molecule has 0 heterocycles. The number of rotatable bonds is 4. The molecule has 0 radical (unpaired) electrons. The lowest BCUT2D eigenvalue weighted by Crippen LogP contribution is -2.01. The maximum Gasteiger partial charge on any atom is 0.470 e. The zero-order chi connectivity index (χ0) is 9.61. The van der Waals surface area contributed by atoms with Crippen LogP contribution in [0.1, 0.15) is 13.8 Å². The summed E-state index contributed by atoms with van der Waals surface area (Å²) >= 11 is 0. The molecule has 1 atom stereocenters. The molecule has 4 nitrogen and oxygen atoms in total. The molecule has 0 amide bonds. The lowest BCUT2D eigenvalue weighted by atomic mass is 10.3. The number of allylic oxidation sites excluding steroid dienone is 3. The van der Waals surface area contributed by atoms with E-state index >= 15 is 0 Å². The van der Waals surface area contributed by atoms with Gasteiger partial charge in [-0.15, -0.1) is 0 Å². The van der Waals surface area contributed by atoms with Crippen LogP contribution in [-0.4, -0.2) is 15.9 Å². The molecule has 70 valence electrons. The van der Waals surface area contributed by atoms with E-state index in [0.717, 1.165) is 0 Å². The van der Waals surface area contributed by atoms with Gasteiger partial charge in [-0.2, -0.15) is 0 Å². The zero-order valence-electron chi connectivity index (χ0n) is 7.04. The minimum Gasteiger partial charge on any atom is -0.303 e. The van der Waals surface area contributed by atoms with Crippen molar-refractivity contribution < 1.29 is 18.9 Å². The normalized spacial score (nSPS) is 16.0. The van der Waals surface area contributed by atoms with Gasteiger partial charge in [-0.1, -0.05) is 24.3 Å². The minimum absolute atomic E-state index is 0.581. The molecule has 0 bridgehead atoms. The molecule has 0 saturated heterocycles. The van der Waals surface area contributed by atoms with E-state index in [1.54, 1.807) is 31.2 Å². The molecule has 2 N–H and O–H groups in total. The summed E-state index contributed by atoms with van der Waals surface area (Å²) in [6.45, 7) is 3.40. The van der Waals surface area contributed by atoms with Gasteiger partial charge in [-0.25, -0.2) is 4.57 Å². The molecule has 0 aliphatic rings. The molecule has 5 heteroatoms. The zero-order valence-corrected chi connectivity index (χ0v) is 7.94. The predicted molar refractivity (Wildman–Crippen MR) is 46.5 cm³/mol. The Morgan fingerprint density at radius 2 is 2.00 bits per heavy atom. The third-order valence-corrected chi connectivity index (χ3v) is 1.60. The third-order valence-electron chi connectivity index (χ3n) is 0.989. The number of phosphoric ester groups is 1. The Bertz CT molecular complexity index is 215. The molecule has 0 aromatic carbocycles. The third kappa shape index (κ3) is 7.69. The van der Waals surface area contributed by atoms with Crippen molar-refractivity contribution in [3.8, 4) is 0 Å². The van der Waals surface area contributed by atoms with E-state index in [-0.39, 0.29) is 0 Å². The summed E-state index contributed by atoms with van der Waals surface area (Å²) in [6.07, 6.45) is 6.20. The first-order valence-corrected chi connectivity index (χ1v) is 5.02. The highest BCUT2D eigenvalue weighted by atomic mass is 31.2. The van der Waals surface area contributed by atoms with Gasteiger partial charge in [-0.05, 0) is 13.8 Å². The van der Waals surface area contributed by atoms with Crippen molar-refractivity contribution in [2.24, 2.45) is 0 Å². The predicted octanol–water partition coefficient (Wildman–Crippen LogP) is 1.62. The molecule has 0 aliphatic carbocycles. The lowest BCUT2D eigenvalue weighted by molar-refractivity contribution is 0.171. The average molecular weight is 192 g/mol. The van der Waals surface area contributed by atoms with Gasteiger partial charge in [-0.3, -0.25) is 4.52 Å². The van der Waals surface area contributed by atoms with Crippen LogP contribution in [0.3, 0.4) is 0 Å². The second kappa shape index (κ2) is 5.27. The van der Waals surface area contributed by atoms with Gasteiger partial charge in [0.2, 0.25) is 0 Å². The summed E-state index contributed by atoms with van der Waals surface area (Å²) in [7, 11) is -4.35. The number of hydrogen-bond acceptors (Lipinski definition) is 2. The summed E-state index contributed by atoms with van der Waals surface area (Å²) in [4.78, 5) is 16.8. The van der Waals surface area contributed by atoms with Crippen LogP contribution in [0.25, 0.3) is 0 Å². The van der Waals surface area contributed by atoms with E-state index in [0.29, 0.717) is 0 Å². The van der Waals surface area contributed by atoms with Crippen LogP contribution < -0.4 is 0 Å². The van der Waals surface area contributed by atoms with Crippen LogP contribution in [0.2, 0.25) is 0 Å². The second-order valence-corrected chi connectivity index (χ2v) is 3.40. The molecule has 0 saturated carbocycles. The first-order chi connectivity index (χ1) is 5.45. The molecule has 0 rings (SSSR count). The largest absolute Gasteiger partial charge is 0.470 e. The van der Waals surface area contributed by atoms with Crippen molar-refractivity contribution in [3.05, 3.63) is 24.3 Å². The van der Waals surface area contributed by atoms with Crippen LogP contribution in [-0.2, 0) is 9.09 Å². The van der Waals surface area contributed by atoms with Crippen LogP contribution in [0, 0.1) is 0 Å². The summed E-state index contributed by atoms with van der Waals surface area (Å²) in [5, 5.41) is 0. The Morgan fingerprint density at radius 3 is 2.42 bits per heavy atom. The van der Waals surface area contributed by atoms with Crippen molar-refractivity contribution in [2.45, 2.75) is 20.0 Å². The maximum atomic E-state index is 10.3. The van der Waals surface area contributed by atoms with Gasteiger partial charge in [0.25, 0.3) is 0 Å². The van der Waals surface area contributed by atoms with E-state index in [1.807, 2.05) is 6.92 Å². The molecule has 0 aromatic rings. The molecule has 0 fully saturated rings. The Labute approximate surface area is 71.8 Å². The summed E-state index contributed by atoms with van der Waals surface area (Å²) < 4.78 is 14.6. The van der Waals surface area contributed by atoms with Crippen LogP contribution in [0.4, 0.5) is 0 Å². The number of hydrogen-bond donors (Lipinski definition) is 2. The first kappa shape index (κ1) is 11.6. The Hall–Kier alpha value is -0.410. The standard InChI is InChI=1S/C7H13O4P/c1-3-4-5-6-7(2)11-12(8,9)10/h3-7H,1-2H3,(H2,8,9,10). The van der Waals surface area contributed by atoms with Crippen LogP contribution >= 0.6 is 7.82 Å². The van der Waals surface area contributed by atoms with Crippen molar-refractivity contribution in [1.82, 2.24) is 0 Å². The van der Waals surface area contributed by atoms with E-state index in [4.69, 9.17) is 9.79 Å². The summed E-state index contributed by atoms with van der Waals surface area (Å²) in [5.74, 6) is 0. The Balaban J connectivity index is 3.90. The van der Waals surface area contributed by atoms with Crippen molar-refractivity contribution in [3.63, 3.8) is 0 Å². The van der Waals surface area contributed by atoms with Crippen LogP contribution in [0.5, 0.6) is 0 Å². The fraction of sp³-hybridized carbons (Fsp3) is 0.429. The quantitative estimate of drug-likeness (QED) is 0.524. The molecule has 1 unspecified atom stereocenters. The highest BCUT2D eigenvalue weighted by Gasteiger charge is 2.16. The smallest absolute Gasteiger partial charge is 0.303 e. The Morgan fingerprint density at radius 1 is 1.42 bits per heavy atom. The second-order valence-electron chi connectivity index (χ2n) is 2.21. The average Bonchev–Trinajstić information content (AvgIpc) is 1.84. The fourth-order valence-corrected chi connectivity index (χ4v) is 1.09. The monoisotopic (exact) mass is 192 g/mol. The molecule has 12 heavy (non-hydrogen) atoms.